The van der Waals surface area contributed by atoms with Gasteiger partial charge in [0.15, 0.2) is 0 Å². The van der Waals surface area contributed by atoms with Crippen LogP contribution in [0.3, 0.4) is 0 Å². The van der Waals surface area contributed by atoms with Crippen LogP contribution in [-0.4, -0.2) is 4.57 Å². The fourth-order valence-corrected chi connectivity index (χ4v) is 12.2. The molecule has 10 aromatic rings. The van der Waals surface area contributed by atoms with Gasteiger partial charge < -0.3 is 9.47 Å². The van der Waals surface area contributed by atoms with E-state index in [1.165, 1.54) is 100 Å². The molecule has 0 aliphatic heterocycles. The van der Waals surface area contributed by atoms with Crippen LogP contribution >= 0.6 is 0 Å². The topological polar surface area (TPSA) is 8.17 Å². The van der Waals surface area contributed by atoms with Crippen molar-refractivity contribution in [3.05, 3.63) is 257 Å². The summed E-state index contributed by atoms with van der Waals surface area (Å²) in [5.74, 6) is 0.236. The monoisotopic (exact) mass is 872 g/mol. The highest BCUT2D eigenvalue weighted by molar-refractivity contribution is 5.95. The minimum absolute atomic E-state index is 0.151. The lowest BCUT2D eigenvalue weighted by atomic mass is 9.77. The third-order valence-electron chi connectivity index (χ3n) is 15.5. The highest BCUT2D eigenvalue weighted by atomic mass is 15.1. The Hall–Kier alpha value is -7.94. The second-order valence-electron chi connectivity index (χ2n) is 20.0. The summed E-state index contributed by atoms with van der Waals surface area (Å²) in [6.45, 7) is 9.68. The van der Waals surface area contributed by atoms with Crippen molar-refractivity contribution in [3.63, 3.8) is 0 Å². The number of benzene rings is 9. The molecule has 0 radical (unpaired) electrons. The van der Waals surface area contributed by atoms with Gasteiger partial charge in [0.25, 0.3) is 0 Å². The molecule has 0 amide bonds. The maximum absolute atomic E-state index is 2.54. The zero-order valence-electron chi connectivity index (χ0n) is 39.0. The lowest BCUT2D eigenvalue weighted by molar-refractivity contribution is 0.653. The zero-order valence-corrected chi connectivity index (χ0v) is 39.0. The number of fused-ring (bicyclic) bond motifs is 9. The van der Waals surface area contributed by atoms with Crippen molar-refractivity contribution < 1.29 is 0 Å². The van der Waals surface area contributed by atoms with Gasteiger partial charge in [-0.15, -0.1) is 0 Å². The van der Waals surface area contributed by atoms with Crippen molar-refractivity contribution in [2.24, 2.45) is 0 Å². The highest BCUT2D eigenvalue weighted by Gasteiger charge is 2.43. The largest absolute Gasteiger partial charge is 0.310 e. The Morgan fingerprint density at radius 3 is 1.72 bits per heavy atom. The molecule has 0 spiro atoms. The Morgan fingerprint density at radius 2 is 1.00 bits per heavy atom. The van der Waals surface area contributed by atoms with Gasteiger partial charge in [0, 0.05) is 44.9 Å². The summed E-state index contributed by atoms with van der Waals surface area (Å²) in [6, 6.07) is 79.0. The molecular weight excluding hydrogens is 821 g/mol. The molecule has 0 N–H and O–H groups in total. The van der Waals surface area contributed by atoms with E-state index in [0.29, 0.717) is 0 Å². The SMILES string of the molecule is CC1(C)c2cc(N(c3ccc(-c4ccccc4)cc3)c3ccc(C4CC=Cc5c4c4ccccc4n5-c4ccccc4)cc3)ccc2-c2cc3c(cc21)-c1cccc(-c2ccccc2)c1C3(C)C. The second-order valence-corrected chi connectivity index (χ2v) is 20.0. The molecule has 0 bridgehead atoms. The number of hydrogen-bond donors (Lipinski definition) is 0. The van der Waals surface area contributed by atoms with E-state index in [1.54, 1.807) is 0 Å². The lowest BCUT2D eigenvalue weighted by Crippen LogP contribution is -2.18. The number of rotatable bonds is 7. The van der Waals surface area contributed by atoms with Crippen LogP contribution in [0.4, 0.5) is 17.1 Å². The van der Waals surface area contributed by atoms with E-state index in [0.717, 1.165) is 23.5 Å². The van der Waals surface area contributed by atoms with Crippen molar-refractivity contribution in [2.75, 3.05) is 4.90 Å². The molecule has 1 unspecified atom stereocenters. The minimum Gasteiger partial charge on any atom is -0.310 e. The molecule has 0 fully saturated rings. The van der Waals surface area contributed by atoms with Gasteiger partial charge in [-0.2, -0.15) is 0 Å². The van der Waals surface area contributed by atoms with Gasteiger partial charge in [0.2, 0.25) is 0 Å². The van der Waals surface area contributed by atoms with Gasteiger partial charge in [-0.1, -0.05) is 179 Å². The van der Waals surface area contributed by atoms with Crippen molar-refractivity contribution >= 4 is 34.0 Å². The standard InChI is InChI=1S/C66H52N2/c1-65(2)58-40-50(38-39-53(58)56-41-60-57(42-59(56)65)54-27-16-26-52(64(54)66(60,3)4)45-20-10-6-11-21-45)67(48-34-30-44(31-35-48)43-18-8-5-9-19-43)49-36-32-46(33-37-49)51-25-17-29-62-63(51)55-24-14-15-28-61(55)68(62)47-22-12-7-13-23-47/h5-24,26-42,51H,25H2,1-4H3. The van der Waals surface area contributed by atoms with Crippen molar-refractivity contribution in [1.29, 1.82) is 0 Å². The normalized spacial score (nSPS) is 15.6. The summed E-state index contributed by atoms with van der Waals surface area (Å²) in [5.41, 5.74) is 25.6. The lowest BCUT2D eigenvalue weighted by Gasteiger charge is -2.29. The van der Waals surface area contributed by atoms with Gasteiger partial charge in [0.1, 0.15) is 0 Å². The van der Waals surface area contributed by atoms with E-state index >= 15 is 0 Å². The summed E-state index contributed by atoms with van der Waals surface area (Å²) in [5, 5.41) is 1.32. The molecule has 1 heterocycles. The van der Waals surface area contributed by atoms with Crippen molar-refractivity contribution in [3.8, 4) is 50.2 Å². The first-order chi connectivity index (χ1) is 33.3. The van der Waals surface area contributed by atoms with Gasteiger partial charge in [-0.3, -0.25) is 0 Å². The Morgan fingerprint density at radius 1 is 0.441 bits per heavy atom. The average Bonchev–Trinajstić information content (AvgIpc) is 3.93. The summed E-state index contributed by atoms with van der Waals surface area (Å²) >= 11 is 0. The van der Waals surface area contributed by atoms with Crippen LogP contribution in [-0.2, 0) is 10.8 Å². The van der Waals surface area contributed by atoms with Gasteiger partial charge in [-0.05, 0) is 157 Å². The van der Waals surface area contributed by atoms with Crippen LogP contribution in [0.25, 0.3) is 67.2 Å². The summed E-state index contributed by atoms with van der Waals surface area (Å²) in [7, 11) is 0. The van der Waals surface area contributed by atoms with Gasteiger partial charge in [0.05, 0.1) is 11.2 Å². The zero-order chi connectivity index (χ0) is 45.7. The molecule has 13 rings (SSSR count). The molecule has 3 aliphatic carbocycles. The molecule has 3 aliphatic rings. The summed E-state index contributed by atoms with van der Waals surface area (Å²) < 4.78 is 2.44. The van der Waals surface area contributed by atoms with Crippen molar-refractivity contribution in [1.82, 2.24) is 4.57 Å². The Labute approximate surface area is 400 Å². The van der Waals surface area contributed by atoms with Crippen LogP contribution in [0.1, 0.15) is 79.1 Å². The second kappa shape index (κ2) is 15.3. The number of anilines is 3. The number of hydrogen-bond acceptors (Lipinski definition) is 1. The third-order valence-corrected chi connectivity index (χ3v) is 15.5. The smallest absolute Gasteiger partial charge is 0.0537 e. The predicted molar refractivity (Wildman–Crippen MR) is 286 cm³/mol. The minimum atomic E-state index is -0.211. The van der Waals surface area contributed by atoms with E-state index in [2.05, 4.69) is 262 Å². The molecule has 2 nitrogen and oxygen atoms in total. The number of nitrogens with zero attached hydrogens (tertiary/aromatic N) is 2. The van der Waals surface area contributed by atoms with E-state index in [-0.39, 0.29) is 16.7 Å². The van der Waals surface area contributed by atoms with Gasteiger partial charge in [-0.25, -0.2) is 0 Å². The fraction of sp³-hybridized carbons (Fsp3) is 0.121. The first-order valence-electron chi connectivity index (χ1n) is 24.2. The van der Waals surface area contributed by atoms with Crippen LogP contribution in [0, 0.1) is 0 Å². The fourth-order valence-electron chi connectivity index (χ4n) is 12.2. The first kappa shape index (κ1) is 40.3. The van der Waals surface area contributed by atoms with Crippen LogP contribution in [0.2, 0.25) is 0 Å². The Balaban J connectivity index is 0.907. The molecule has 326 valence electrons. The Kier molecular flexibility index (Phi) is 9.08. The van der Waals surface area contributed by atoms with E-state index < -0.39 is 0 Å². The average molecular weight is 873 g/mol. The van der Waals surface area contributed by atoms with E-state index in [1.807, 2.05) is 0 Å². The third kappa shape index (κ3) is 6.10. The van der Waals surface area contributed by atoms with Crippen molar-refractivity contribution in [2.45, 2.75) is 50.9 Å². The summed E-state index contributed by atoms with van der Waals surface area (Å²) in [4.78, 5) is 2.45. The molecule has 0 saturated carbocycles. The molecule has 68 heavy (non-hydrogen) atoms. The number of para-hydroxylation sites is 2. The van der Waals surface area contributed by atoms with E-state index in [4.69, 9.17) is 0 Å². The maximum atomic E-state index is 2.54. The van der Waals surface area contributed by atoms with Gasteiger partial charge >= 0.3 is 0 Å². The number of aromatic nitrogens is 1. The van der Waals surface area contributed by atoms with Crippen LogP contribution in [0.5, 0.6) is 0 Å². The molecular formula is C66H52N2. The quantitative estimate of drug-likeness (QED) is 0.155. The molecule has 1 aromatic heterocycles. The maximum Gasteiger partial charge on any atom is 0.0537 e. The molecule has 9 aromatic carbocycles. The van der Waals surface area contributed by atoms with Crippen LogP contribution < -0.4 is 4.90 Å². The highest BCUT2D eigenvalue weighted by Crippen LogP contribution is 2.58. The van der Waals surface area contributed by atoms with E-state index in [9.17, 15) is 0 Å². The number of allylic oxidation sites excluding steroid dienone is 1. The Bertz CT molecular complexity index is 3610. The molecule has 0 saturated heterocycles. The first-order valence-corrected chi connectivity index (χ1v) is 24.2. The summed E-state index contributed by atoms with van der Waals surface area (Å²) in [6.07, 6.45) is 5.65. The molecule has 2 heteroatoms. The molecule has 1 atom stereocenters. The van der Waals surface area contributed by atoms with Crippen LogP contribution in [0.15, 0.2) is 218 Å². The predicted octanol–water partition coefficient (Wildman–Crippen LogP) is 17.6.